The van der Waals surface area contributed by atoms with Crippen LogP contribution in [0.25, 0.3) is 0 Å². The molecule has 1 amide bonds. The third-order valence-corrected chi connectivity index (χ3v) is 3.04. The number of hydrogen-bond acceptors (Lipinski definition) is 2. The van der Waals surface area contributed by atoms with Crippen molar-refractivity contribution >= 4 is 5.91 Å². The minimum absolute atomic E-state index is 0.0282. The van der Waals surface area contributed by atoms with Crippen molar-refractivity contribution in [2.75, 3.05) is 13.2 Å². The van der Waals surface area contributed by atoms with E-state index in [0.29, 0.717) is 5.92 Å². The number of para-hydroxylation sites is 1. The average Bonchev–Trinajstić information content (AvgIpc) is 3.09. The molecule has 0 aliphatic heterocycles. The summed E-state index contributed by atoms with van der Waals surface area (Å²) in [7, 11) is 0. The zero-order valence-electron chi connectivity index (χ0n) is 10.5. The number of amides is 1. The van der Waals surface area contributed by atoms with Gasteiger partial charge in [-0.05, 0) is 43.7 Å². The van der Waals surface area contributed by atoms with Crippen LogP contribution >= 0.6 is 0 Å². The highest BCUT2D eigenvalue weighted by atomic mass is 16.5. The first-order chi connectivity index (χ1) is 8.16. The van der Waals surface area contributed by atoms with E-state index in [4.69, 9.17) is 4.74 Å². The van der Waals surface area contributed by atoms with Crippen molar-refractivity contribution in [1.82, 2.24) is 5.32 Å². The SMILES string of the molecule is Cc1cccc(C)c1OCC(=O)NCC1CC1. The number of carbonyl (C=O) groups is 1. The third kappa shape index (κ3) is 3.48. The van der Waals surface area contributed by atoms with Gasteiger partial charge < -0.3 is 10.1 Å². The smallest absolute Gasteiger partial charge is 0.257 e. The molecule has 1 aliphatic rings. The van der Waals surface area contributed by atoms with Crippen molar-refractivity contribution in [2.24, 2.45) is 5.92 Å². The summed E-state index contributed by atoms with van der Waals surface area (Å²) in [5.41, 5.74) is 2.14. The summed E-state index contributed by atoms with van der Waals surface area (Å²) in [4.78, 5) is 11.5. The van der Waals surface area contributed by atoms with E-state index in [1.54, 1.807) is 0 Å². The van der Waals surface area contributed by atoms with E-state index in [-0.39, 0.29) is 12.5 Å². The Bertz CT molecular complexity index is 390. The molecule has 0 atom stereocenters. The van der Waals surface area contributed by atoms with E-state index < -0.39 is 0 Å². The standard InChI is InChI=1S/C14H19NO2/c1-10-4-3-5-11(2)14(10)17-9-13(16)15-8-12-6-7-12/h3-5,12H,6-9H2,1-2H3,(H,15,16). The topological polar surface area (TPSA) is 38.3 Å². The van der Waals surface area contributed by atoms with Gasteiger partial charge in [-0.15, -0.1) is 0 Å². The first-order valence-electron chi connectivity index (χ1n) is 6.12. The van der Waals surface area contributed by atoms with E-state index in [1.807, 2.05) is 32.0 Å². The van der Waals surface area contributed by atoms with E-state index in [9.17, 15) is 4.79 Å². The Hall–Kier alpha value is -1.51. The summed E-state index contributed by atoms with van der Waals surface area (Å²) in [5.74, 6) is 1.51. The van der Waals surface area contributed by atoms with Gasteiger partial charge in [0, 0.05) is 6.54 Å². The van der Waals surface area contributed by atoms with Crippen LogP contribution in [0.1, 0.15) is 24.0 Å². The Labute approximate surface area is 102 Å². The van der Waals surface area contributed by atoms with Gasteiger partial charge in [0.05, 0.1) is 0 Å². The summed E-state index contributed by atoms with van der Waals surface area (Å²) in [6.07, 6.45) is 2.50. The lowest BCUT2D eigenvalue weighted by Gasteiger charge is -2.11. The maximum Gasteiger partial charge on any atom is 0.257 e. The van der Waals surface area contributed by atoms with Gasteiger partial charge in [-0.2, -0.15) is 0 Å². The molecule has 1 aromatic carbocycles. The van der Waals surface area contributed by atoms with Gasteiger partial charge in [0.25, 0.3) is 5.91 Å². The van der Waals surface area contributed by atoms with Crippen LogP contribution in [0.4, 0.5) is 0 Å². The lowest BCUT2D eigenvalue weighted by Crippen LogP contribution is -2.30. The Kier molecular flexibility index (Phi) is 3.67. The van der Waals surface area contributed by atoms with Crippen molar-refractivity contribution in [2.45, 2.75) is 26.7 Å². The monoisotopic (exact) mass is 233 g/mol. The minimum atomic E-state index is -0.0282. The fourth-order valence-corrected chi connectivity index (χ4v) is 1.80. The summed E-state index contributed by atoms with van der Waals surface area (Å²) in [5, 5.41) is 2.89. The second-order valence-electron chi connectivity index (χ2n) is 4.76. The molecule has 92 valence electrons. The quantitative estimate of drug-likeness (QED) is 0.846. The van der Waals surface area contributed by atoms with Gasteiger partial charge in [-0.3, -0.25) is 4.79 Å². The van der Waals surface area contributed by atoms with E-state index >= 15 is 0 Å². The number of benzene rings is 1. The molecule has 0 spiro atoms. The van der Waals surface area contributed by atoms with Crippen LogP contribution in [-0.4, -0.2) is 19.1 Å². The van der Waals surface area contributed by atoms with Gasteiger partial charge in [-0.1, -0.05) is 18.2 Å². The molecule has 0 radical (unpaired) electrons. The molecule has 1 aliphatic carbocycles. The van der Waals surface area contributed by atoms with Crippen LogP contribution in [0.2, 0.25) is 0 Å². The number of aryl methyl sites for hydroxylation is 2. The highest BCUT2D eigenvalue weighted by molar-refractivity contribution is 5.77. The Morgan fingerprint density at radius 1 is 1.35 bits per heavy atom. The number of carbonyl (C=O) groups excluding carboxylic acids is 1. The van der Waals surface area contributed by atoms with Crippen LogP contribution in [0.5, 0.6) is 5.75 Å². The summed E-state index contributed by atoms with van der Waals surface area (Å²) < 4.78 is 5.57. The molecule has 3 heteroatoms. The zero-order chi connectivity index (χ0) is 12.3. The van der Waals surface area contributed by atoms with Crippen LogP contribution in [-0.2, 0) is 4.79 Å². The fraction of sp³-hybridized carbons (Fsp3) is 0.500. The van der Waals surface area contributed by atoms with Gasteiger partial charge in [-0.25, -0.2) is 0 Å². The van der Waals surface area contributed by atoms with Crippen molar-refractivity contribution in [1.29, 1.82) is 0 Å². The lowest BCUT2D eigenvalue weighted by atomic mass is 10.1. The van der Waals surface area contributed by atoms with Crippen LogP contribution in [0.15, 0.2) is 18.2 Å². The first kappa shape index (κ1) is 12.0. The molecule has 0 unspecified atom stereocenters. The highest BCUT2D eigenvalue weighted by Gasteiger charge is 2.21. The normalized spacial score (nSPS) is 14.5. The number of ether oxygens (including phenoxy) is 1. The van der Waals surface area contributed by atoms with Crippen LogP contribution in [0, 0.1) is 19.8 Å². The van der Waals surface area contributed by atoms with Crippen molar-refractivity contribution in [3.8, 4) is 5.75 Å². The predicted octanol–water partition coefficient (Wildman–Crippen LogP) is 2.21. The molecule has 0 heterocycles. The Balaban J connectivity index is 1.81. The first-order valence-corrected chi connectivity index (χ1v) is 6.12. The van der Waals surface area contributed by atoms with Gasteiger partial charge in [0.1, 0.15) is 5.75 Å². The summed E-state index contributed by atoms with van der Waals surface area (Å²) in [6, 6.07) is 5.97. The van der Waals surface area contributed by atoms with Crippen molar-refractivity contribution in [3.05, 3.63) is 29.3 Å². The fourth-order valence-electron chi connectivity index (χ4n) is 1.80. The number of rotatable bonds is 5. The molecule has 3 nitrogen and oxygen atoms in total. The van der Waals surface area contributed by atoms with Gasteiger partial charge in [0.15, 0.2) is 6.61 Å². The molecular weight excluding hydrogens is 214 g/mol. The third-order valence-electron chi connectivity index (χ3n) is 3.04. The van der Waals surface area contributed by atoms with E-state index in [2.05, 4.69) is 5.32 Å². The molecule has 2 rings (SSSR count). The van der Waals surface area contributed by atoms with E-state index in [1.165, 1.54) is 12.8 Å². The molecule has 0 saturated heterocycles. The highest BCUT2D eigenvalue weighted by Crippen LogP contribution is 2.27. The van der Waals surface area contributed by atoms with Gasteiger partial charge >= 0.3 is 0 Å². The van der Waals surface area contributed by atoms with Gasteiger partial charge in [0.2, 0.25) is 0 Å². The molecule has 1 aromatic rings. The van der Waals surface area contributed by atoms with E-state index in [0.717, 1.165) is 23.4 Å². The van der Waals surface area contributed by atoms with Crippen molar-refractivity contribution < 1.29 is 9.53 Å². The summed E-state index contributed by atoms with van der Waals surface area (Å²) >= 11 is 0. The van der Waals surface area contributed by atoms with Crippen LogP contribution < -0.4 is 10.1 Å². The summed E-state index contributed by atoms with van der Waals surface area (Å²) in [6.45, 7) is 4.89. The van der Waals surface area contributed by atoms with Crippen molar-refractivity contribution in [3.63, 3.8) is 0 Å². The Morgan fingerprint density at radius 2 is 2.00 bits per heavy atom. The Morgan fingerprint density at radius 3 is 2.59 bits per heavy atom. The minimum Gasteiger partial charge on any atom is -0.483 e. The number of nitrogens with one attached hydrogen (secondary N) is 1. The zero-order valence-corrected chi connectivity index (χ0v) is 10.5. The molecule has 17 heavy (non-hydrogen) atoms. The average molecular weight is 233 g/mol. The maximum absolute atomic E-state index is 11.5. The predicted molar refractivity (Wildman–Crippen MR) is 67.1 cm³/mol. The number of hydrogen-bond donors (Lipinski definition) is 1. The second kappa shape index (κ2) is 5.21. The lowest BCUT2D eigenvalue weighted by molar-refractivity contribution is -0.123. The largest absolute Gasteiger partial charge is 0.483 e. The second-order valence-corrected chi connectivity index (χ2v) is 4.76. The molecule has 0 bridgehead atoms. The molecule has 1 fully saturated rings. The molecule has 1 saturated carbocycles. The molecule has 0 aromatic heterocycles. The van der Waals surface area contributed by atoms with Crippen LogP contribution in [0.3, 0.4) is 0 Å². The molecular formula is C14H19NO2. The molecule has 1 N–H and O–H groups in total. The maximum atomic E-state index is 11.5.